The molecule has 3 saturated carbocycles. The second-order valence-electron chi connectivity index (χ2n) is 11.8. The van der Waals surface area contributed by atoms with Gasteiger partial charge in [-0.1, -0.05) is 57.9 Å². The van der Waals surface area contributed by atoms with Gasteiger partial charge in [0.2, 0.25) is 0 Å². The van der Waals surface area contributed by atoms with Crippen molar-refractivity contribution >= 4 is 0 Å². The summed E-state index contributed by atoms with van der Waals surface area (Å²) in [6, 6.07) is 0. The third-order valence-electron chi connectivity index (χ3n) is 8.97. The summed E-state index contributed by atoms with van der Waals surface area (Å²) in [6.07, 6.45) is 13.4. The Morgan fingerprint density at radius 2 is 1.94 bits per heavy atom. The molecule has 176 valence electrons. The SMILES string of the molecule is C=C1/C(=C/C=C2\CCC[C@]3(C)[C@@H]([C@H](C)CCCC(C)(C)O)CC[C@@H]23)C[C@H](O)[C@@H](C)[C@@H]1O. The Kier molecular flexibility index (Phi) is 7.61. The first-order chi connectivity index (χ1) is 14.4. The summed E-state index contributed by atoms with van der Waals surface area (Å²) in [5.41, 5.74) is 3.15. The summed E-state index contributed by atoms with van der Waals surface area (Å²) < 4.78 is 0. The van der Waals surface area contributed by atoms with Crippen LogP contribution in [0.15, 0.2) is 35.5 Å². The third-order valence-corrected chi connectivity index (χ3v) is 8.97. The highest BCUT2D eigenvalue weighted by atomic mass is 16.3. The minimum atomic E-state index is -0.648. The molecule has 0 spiro atoms. The number of hydrogen-bond donors (Lipinski definition) is 3. The molecule has 0 aromatic carbocycles. The number of fused-ring (bicyclic) bond motifs is 1. The van der Waals surface area contributed by atoms with Crippen molar-refractivity contribution in [2.45, 2.75) is 110 Å². The Hall–Kier alpha value is -0.900. The van der Waals surface area contributed by atoms with Gasteiger partial charge in [0.25, 0.3) is 0 Å². The van der Waals surface area contributed by atoms with E-state index in [1.54, 1.807) is 5.57 Å². The van der Waals surface area contributed by atoms with Crippen LogP contribution in [0, 0.1) is 29.1 Å². The molecular weight excluding hydrogens is 384 g/mol. The van der Waals surface area contributed by atoms with Gasteiger partial charge in [-0.05, 0) is 93.1 Å². The van der Waals surface area contributed by atoms with Gasteiger partial charge in [0.05, 0.1) is 17.8 Å². The first-order valence-electron chi connectivity index (χ1n) is 12.6. The number of aliphatic hydroxyl groups excluding tert-OH is 2. The topological polar surface area (TPSA) is 60.7 Å². The molecule has 3 aliphatic rings. The smallest absolute Gasteiger partial charge is 0.0837 e. The predicted molar refractivity (Wildman–Crippen MR) is 129 cm³/mol. The van der Waals surface area contributed by atoms with Gasteiger partial charge in [-0.3, -0.25) is 0 Å². The molecule has 3 N–H and O–H groups in total. The van der Waals surface area contributed by atoms with Gasteiger partial charge in [-0.15, -0.1) is 0 Å². The molecular formula is C28H46O3. The standard InChI is InChI=1S/C28H46O3/c1-18(9-7-15-27(4,5)31)23-13-14-24-21(10-8-16-28(23,24)6)11-12-22-17-25(29)20(3)26(30)19(22)2/h11-12,18,20,23-26,29-31H,2,7-10,13-17H2,1,3-6H3/b21-11+,22-12+/t18-,20-,23-,24+,25+,26-,28-/m1/s1. The minimum Gasteiger partial charge on any atom is -0.392 e. The van der Waals surface area contributed by atoms with Crippen molar-refractivity contribution in [1.82, 2.24) is 0 Å². The van der Waals surface area contributed by atoms with Gasteiger partial charge in [0.15, 0.2) is 0 Å². The molecule has 0 amide bonds. The Bertz CT molecular complexity index is 712. The molecule has 0 aromatic rings. The van der Waals surface area contributed by atoms with Crippen molar-refractivity contribution < 1.29 is 15.3 Å². The Balaban J connectivity index is 1.71. The predicted octanol–water partition coefficient (Wildman–Crippen LogP) is 5.95. The van der Waals surface area contributed by atoms with E-state index in [4.69, 9.17) is 0 Å². The fourth-order valence-corrected chi connectivity index (χ4v) is 6.91. The van der Waals surface area contributed by atoms with Crippen molar-refractivity contribution in [1.29, 1.82) is 0 Å². The quantitative estimate of drug-likeness (QED) is 0.488. The van der Waals surface area contributed by atoms with Crippen LogP contribution in [0.4, 0.5) is 0 Å². The van der Waals surface area contributed by atoms with Crippen molar-refractivity contribution in [3.8, 4) is 0 Å². The molecule has 0 unspecified atom stereocenters. The van der Waals surface area contributed by atoms with Crippen LogP contribution in [0.1, 0.15) is 92.4 Å². The Morgan fingerprint density at radius 3 is 2.61 bits per heavy atom. The normalized spacial score (nSPS) is 40.4. The molecule has 31 heavy (non-hydrogen) atoms. The average molecular weight is 431 g/mol. The molecule has 3 heteroatoms. The van der Waals surface area contributed by atoms with Crippen LogP contribution < -0.4 is 0 Å². The largest absolute Gasteiger partial charge is 0.392 e. The first kappa shape index (κ1) is 24.7. The molecule has 0 bridgehead atoms. The molecule has 0 saturated heterocycles. The van der Waals surface area contributed by atoms with Crippen LogP contribution in [0.3, 0.4) is 0 Å². The van der Waals surface area contributed by atoms with Crippen LogP contribution in [0.25, 0.3) is 0 Å². The summed E-state index contributed by atoms with van der Waals surface area (Å²) in [4.78, 5) is 0. The lowest BCUT2D eigenvalue weighted by molar-refractivity contribution is 0.0283. The lowest BCUT2D eigenvalue weighted by atomic mass is 9.60. The number of allylic oxidation sites excluding steroid dienone is 3. The zero-order chi connectivity index (χ0) is 23.0. The zero-order valence-electron chi connectivity index (χ0n) is 20.5. The van der Waals surface area contributed by atoms with Gasteiger partial charge in [0, 0.05) is 5.92 Å². The zero-order valence-corrected chi connectivity index (χ0v) is 20.5. The highest BCUT2D eigenvalue weighted by Crippen LogP contribution is 2.60. The summed E-state index contributed by atoms with van der Waals surface area (Å²) in [6.45, 7) is 14.8. The van der Waals surface area contributed by atoms with Gasteiger partial charge in [-0.25, -0.2) is 0 Å². The number of aliphatic hydroxyl groups is 3. The Labute approximate surface area is 190 Å². The maximum absolute atomic E-state index is 10.4. The second-order valence-corrected chi connectivity index (χ2v) is 11.8. The van der Waals surface area contributed by atoms with E-state index in [-0.39, 0.29) is 5.92 Å². The molecule has 0 radical (unpaired) electrons. The van der Waals surface area contributed by atoms with Gasteiger partial charge in [-0.2, -0.15) is 0 Å². The summed E-state index contributed by atoms with van der Waals surface area (Å²) in [7, 11) is 0. The van der Waals surface area contributed by atoms with Crippen LogP contribution in [-0.4, -0.2) is 33.1 Å². The first-order valence-corrected chi connectivity index (χ1v) is 12.6. The molecule has 3 fully saturated rings. The summed E-state index contributed by atoms with van der Waals surface area (Å²) >= 11 is 0. The molecule has 7 atom stereocenters. The van der Waals surface area contributed by atoms with Crippen LogP contribution in [0.2, 0.25) is 0 Å². The lowest BCUT2D eigenvalue weighted by Gasteiger charge is -2.44. The monoisotopic (exact) mass is 430 g/mol. The number of hydrogen-bond acceptors (Lipinski definition) is 3. The maximum atomic E-state index is 10.4. The van der Waals surface area contributed by atoms with E-state index >= 15 is 0 Å². The molecule has 0 heterocycles. The van der Waals surface area contributed by atoms with E-state index in [9.17, 15) is 15.3 Å². The highest BCUT2D eigenvalue weighted by molar-refractivity contribution is 5.39. The van der Waals surface area contributed by atoms with E-state index in [0.29, 0.717) is 23.7 Å². The van der Waals surface area contributed by atoms with E-state index < -0.39 is 17.8 Å². The minimum absolute atomic E-state index is 0.149. The van der Waals surface area contributed by atoms with Gasteiger partial charge >= 0.3 is 0 Å². The van der Waals surface area contributed by atoms with Gasteiger partial charge < -0.3 is 15.3 Å². The van der Waals surface area contributed by atoms with Crippen LogP contribution in [-0.2, 0) is 0 Å². The number of rotatable bonds is 6. The van der Waals surface area contributed by atoms with E-state index in [0.717, 1.165) is 36.3 Å². The molecule has 3 nitrogen and oxygen atoms in total. The second kappa shape index (κ2) is 9.53. The van der Waals surface area contributed by atoms with E-state index in [1.165, 1.54) is 32.1 Å². The fraction of sp³-hybridized carbons (Fsp3) is 0.786. The van der Waals surface area contributed by atoms with Crippen molar-refractivity contribution in [3.05, 3.63) is 35.5 Å². The average Bonchev–Trinajstić information content (AvgIpc) is 3.04. The maximum Gasteiger partial charge on any atom is 0.0837 e. The van der Waals surface area contributed by atoms with Crippen molar-refractivity contribution in [2.24, 2.45) is 29.1 Å². The molecule has 0 aliphatic heterocycles. The molecule has 3 aliphatic carbocycles. The molecule has 0 aromatic heterocycles. The van der Waals surface area contributed by atoms with Crippen LogP contribution in [0.5, 0.6) is 0 Å². The summed E-state index contributed by atoms with van der Waals surface area (Å²) in [5.74, 6) is 1.94. The molecule has 3 rings (SSSR count). The van der Waals surface area contributed by atoms with E-state index in [2.05, 4.69) is 32.6 Å². The van der Waals surface area contributed by atoms with E-state index in [1.807, 2.05) is 20.8 Å². The third kappa shape index (κ3) is 5.37. The lowest BCUT2D eigenvalue weighted by Crippen LogP contribution is -2.36. The fourth-order valence-electron chi connectivity index (χ4n) is 6.91. The Morgan fingerprint density at radius 1 is 1.23 bits per heavy atom. The van der Waals surface area contributed by atoms with Crippen LogP contribution >= 0.6 is 0 Å². The van der Waals surface area contributed by atoms with Gasteiger partial charge in [0.1, 0.15) is 0 Å². The van der Waals surface area contributed by atoms with Crippen molar-refractivity contribution in [3.63, 3.8) is 0 Å². The highest BCUT2D eigenvalue weighted by Gasteiger charge is 2.50. The summed E-state index contributed by atoms with van der Waals surface area (Å²) in [5, 5.41) is 30.7. The van der Waals surface area contributed by atoms with Crippen molar-refractivity contribution in [2.75, 3.05) is 0 Å².